The highest BCUT2D eigenvalue weighted by Gasteiger charge is 2.31. The SMILES string of the molecule is CCCCCCCCCCC(c1nc2ccc(C(=O)N(CCN)Cc3cccc(C(F)(F)F)c3)cc2[nH]1)C(CCCCCCCC)CCc1ccc(C(=N)N)cc1. The van der Waals surface area contributed by atoms with Gasteiger partial charge in [0, 0.05) is 36.7 Å². The van der Waals surface area contributed by atoms with Crippen molar-refractivity contribution in [2.75, 3.05) is 13.1 Å². The Bertz CT molecular complexity index is 1790. The summed E-state index contributed by atoms with van der Waals surface area (Å²) >= 11 is 0. The topological polar surface area (TPSA) is 125 Å². The maximum atomic E-state index is 13.9. The molecule has 0 radical (unpaired) electrons. The number of carbonyl (C=O) groups excluding carboxylic acids is 1. The minimum atomic E-state index is -4.47. The van der Waals surface area contributed by atoms with Crippen molar-refractivity contribution in [1.82, 2.24) is 14.9 Å². The average Bonchev–Trinajstić information content (AvgIpc) is 3.63. The van der Waals surface area contributed by atoms with Gasteiger partial charge in [-0.15, -0.1) is 0 Å². The van der Waals surface area contributed by atoms with Gasteiger partial charge in [0.05, 0.1) is 16.6 Å². The largest absolute Gasteiger partial charge is 0.416 e. The number of H-pyrrole nitrogens is 1. The molecule has 0 bridgehead atoms. The Morgan fingerprint density at radius 1 is 0.772 bits per heavy atom. The molecular weight excluding hydrogens is 722 g/mol. The van der Waals surface area contributed by atoms with Crippen molar-refractivity contribution in [2.24, 2.45) is 17.4 Å². The highest BCUT2D eigenvalue weighted by Crippen LogP contribution is 2.37. The number of aryl methyl sites for hydroxylation is 1. The second-order valence-corrected chi connectivity index (χ2v) is 15.9. The number of aromatic amines is 1. The number of nitrogens with one attached hydrogen (secondary N) is 2. The number of fused-ring (bicyclic) bond motifs is 1. The van der Waals surface area contributed by atoms with Gasteiger partial charge in [-0.05, 0) is 73.1 Å². The van der Waals surface area contributed by atoms with Crippen LogP contribution >= 0.6 is 0 Å². The van der Waals surface area contributed by atoms with Gasteiger partial charge >= 0.3 is 6.18 Å². The molecule has 2 unspecified atom stereocenters. The average molecular weight is 789 g/mol. The molecule has 3 aromatic carbocycles. The van der Waals surface area contributed by atoms with Gasteiger partial charge in [-0.3, -0.25) is 10.2 Å². The number of benzene rings is 3. The third-order valence-corrected chi connectivity index (χ3v) is 11.3. The number of nitrogens with two attached hydrogens (primary N) is 2. The lowest BCUT2D eigenvalue weighted by molar-refractivity contribution is -0.137. The maximum absolute atomic E-state index is 13.9. The van der Waals surface area contributed by atoms with Gasteiger partial charge in [0.1, 0.15) is 11.7 Å². The van der Waals surface area contributed by atoms with Crippen molar-refractivity contribution in [3.8, 4) is 0 Å². The smallest absolute Gasteiger partial charge is 0.384 e. The molecule has 1 heterocycles. The fraction of sp³-hybridized carbons (Fsp3) is 0.553. The molecule has 57 heavy (non-hydrogen) atoms. The number of halogens is 3. The van der Waals surface area contributed by atoms with Crippen LogP contribution < -0.4 is 11.5 Å². The van der Waals surface area contributed by atoms with E-state index in [1.54, 1.807) is 12.1 Å². The molecule has 10 heteroatoms. The molecule has 6 N–H and O–H groups in total. The first-order valence-corrected chi connectivity index (χ1v) is 21.6. The van der Waals surface area contributed by atoms with Crippen LogP contribution in [0.2, 0.25) is 0 Å². The van der Waals surface area contributed by atoms with Gasteiger partial charge in [-0.2, -0.15) is 13.2 Å². The zero-order chi connectivity index (χ0) is 41.0. The van der Waals surface area contributed by atoms with E-state index in [4.69, 9.17) is 21.9 Å². The minimum Gasteiger partial charge on any atom is -0.384 e. The van der Waals surface area contributed by atoms with E-state index in [1.165, 1.54) is 100 Å². The summed E-state index contributed by atoms with van der Waals surface area (Å²) in [4.78, 5) is 24.2. The monoisotopic (exact) mass is 789 g/mol. The molecule has 0 aliphatic rings. The first kappa shape index (κ1) is 45.5. The molecule has 1 aromatic heterocycles. The zero-order valence-corrected chi connectivity index (χ0v) is 34.4. The standard InChI is InChI=1S/C47H67F3N6O/c1-3-5-7-9-11-12-14-16-21-41(37(19-15-13-10-8-6-4-2)25-22-35-23-26-38(27-24-35)44(52)53)45-54-42-29-28-39(33-43(42)55-45)46(57)56(31-30-51)34-36-18-17-20-40(32-36)47(48,49)50/h17-18,20,23-24,26-29,32-33,37,41H,3-16,19,21-22,25,30-31,34,51H2,1-2H3,(H3,52,53)(H,54,55). The van der Waals surface area contributed by atoms with E-state index in [9.17, 15) is 18.0 Å². The predicted molar refractivity (Wildman–Crippen MR) is 229 cm³/mol. The number of carbonyl (C=O) groups is 1. The maximum Gasteiger partial charge on any atom is 0.416 e. The van der Waals surface area contributed by atoms with E-state index in [1.807, 2.05) is 24.3 Å². The van der Waals surface area contributed by atoms with Gasteiger partial charge in [-0.1, -0.05) is 140 Å². The molecule has 4 rings (SSSR count). The Morgan fingerprint density at radius 3 is 2.00 bits per heavy atom. The fourth-order valence-electron chi connectivity index (χ4n) is 8.03. The molecule has 7 nitrogen and oxygen atoms in total. The number of amides is 1. The van der Waals surface area contributed by atoms with Crippen LogP contribution in [0.5, 0.6) is 0 Å². The Morgan fingerprint density at radius 2 is 1.39 bits per heavy atom. The molecule has 0 spiro atoms. The van der Waals surface area contributed by atoms with E-state index >= 15 is 0 Å². The van der Waals surface area contributed by atoms with Crippen LogP contribution in [0.15, 0.2) is 66.7 Å². The number of alkyl halides is 3. The molecule has 0 saturated heterocycles. The number of hydrogen-bond acceptors (Lipinski definition) is 4. The molecule has 4 aromatic rings. The second-order valence-electron chi connectivity index (χ2n) is 15.9. The van der Waals surface area contributed by atoms with Crippen molar-refractivity contribution in [1.29, 1.82) is 5.41 Å². The van der Waals surface area contributed by atoms with Crippen molar-refractivity contribution in [3.63, 3.8) is 0 Å². The first-order chi connectivity index (χ1) is 27.5. The van der Waals surface area contributed by atoms with Crippen LogP contribution in [0.4, 0.5) is 13.2 Å². The summed E-state index contributed by atoms with van der Waals surface area (Å²) in [5, 5.41) is 7.80. The molecule has 0 aliphatic carbocycles. The molecule has 0 saturated carbocycles. The quantitative estimate of drug-likeness (QED) is 0.0273. The van der Waals surface area contributed by atoms with Gasteiger partial charge in [-0.25, -0.2) is 4.98 Å². The van der Waals surface area contributed by atoms with E-state index in [2.05, 4.69) is 31.0 Å². The van der Waals surface area contributed by atoms with Crippen LogP contribution in [0.3, 0.4) is 0 Å². The van der Waals surface area contributed by atoms with Crippen LogP contribution in [-0.4, -0.2) is 39.7 Å². The molecule has 2 atom stereocenters. The van der Waals surface area contributed by atoms with E-state index in [0.29, 0.717) is 17.0 Å². The summed E-state index contributed by atoms with van der Waals surface area (Å²) in [7, 11) is 0. The predicted octanol–water partition coefficient (Wildman–Crippen LogP) is 12.1. The van der Waals surface area contributed by atoms with Gasteiger partial charge in [0.25, 0.3) is 5.91 Å². The molecular formula is C47H67F3N6O. The number of hydrogen-bond donors (Lipinski definition) is 4. The van der Waals surface area contributed by atoms with Crippen molar-refractivity contribution in [2.45, 2.75) is 148 Å². The molecule has 1 amide bonds. The fourth-order valence-corrected chi connectivity index (χ4v) is 8.03. The van der Waals surface area contributed by atoms with Crippen molar-refractivity contribution >= 4 is 22.8 Å². The lowest BCUT2D eigenvalue weighted by atomic mass is 9.80. The lowest BCUT2D eigenvalue weighted by Gasteiger charge is -2.26. The van der Waals surface area contributed by atoms with Gasteiger partial charge in [0.15, 0.2) is 0 Å². The van der Waals surface area contributed by atoms with E-state index in [-0.39, 0.29) is 37.3 Å². The number of imidazole rings is 1. The Kier molecular flexibility index (Phi) is 19.1. The summed E-state index contributed by atoms with van der Waals surface area (Å²) in [5.74, 6) is 1.37. The Labute approximate surface area is 339 Å². The Hall–Kier alpha value is -4.18. The normalized spacial score (nSPS) is 12.9. The van der Waals surface area contributed by atoms with Crippen LogP contribution in [-0.2, 0) is 19.1 Å². The summed E-state index contributed by atoms with van der Waals surface area (Å²) in [6.07, 6.45) is 17.1. The second kappa shape index (κ2) is 23.9. The van der Waals surface area contributed by atoms with E-state index in [0.717, 1.165) is 66.7 Å². The number of nitrogens with zero attached hydrogens (tertiary/aromatic N) is 2. The number of rotatable bonds is 27. The third-order valence-electron chi connectivity index (χ3n) is 11.3. The summed E-state index contributed by atoms with van der Waals surface area (Å²) in [5.41, 5.74) is 15.3. The number of nitrogen functional groups attached to an aromatic ring is 1. The molecule has 312 valence electrons. The lowest BCUT2D eigenvalue weighted by Crippen LogP contribution is -2.35. The van der Waals surface area contributed by atoms with Crippen LogP contribution in [0, 0.1) is 11.3 Å². The summed E-state index contributed by atoms with van der Waals surface area (Å²) in [6, 6.07) is 18.6. The highest BCUT2D eigenvalue weighted by molar-refractivity contribution is 5.97. The zero-order valence-electron chi connectivity index (χ0n) is 34.4. The van der Waals surface area contributed by atoms with Gasteiger partial charge in [0.2, 0.25) is 0 Å². The van der Waals surface area contributed by atoms with Crippen molar-refractivity contribution < 1.29 is 18.0 Å². The number of amidine groups is 1. The molecule has 0 fully saturated rings. The van der Waals surface area contributed by atoms with Crippen LogP contribution in [0.1, 0.15) is 167 Å². The van der Waals surface area contributed by atoms with Gasteiger partial charge < -0.3 is 21.4 Å². The minimum absolute atomic E-state index is 0.0184. The highest BCUT2D eigenvalue weighted by atomic mass is 19.4. The first-order valence-electron chi connectivity index (χ1n) is 21.6. The van der Waals surface area contributed by atoms with Crippen molar-refractivity contribution in [3.05, 3.63) is 100 Å². The summed E-state index contributed by atoms with van der Waals surface area (Å²) < 4.78 is 40.3. The third kappa shape index (κ3) is 14.9. The van der Waals surface area contributed by atoms with Crippen LogP contribution in [0.25, 0.3) is 11.0 Å². The summed E-state index contributed by atoms with van der Waals surface area (Å²) in [6.45, 7) is 4.91. The number of aromatic nitrogens is 2. The Balaban J connectivity index is 1.59. The van der Waals surface area contributed by atoms with E-state index < -0.39 is 11.7 Å². The number of unbranched alkanes of at least 4 members (excludes halogenated alkanes) is 12. The molecule has 0 aliphatic heterocycles.